The molecule has 1 aliphatic carbocycles. The molecule has 2 heteroatoms. The van der Waals surface area contributed by atoms with Crippen LogP contribution in [0.15, 0.2) is 12.1 Å². The Hall–Kier alpha value is -1.02. The van der Waals surface area contributed by atoms with Crippen molar-refractivity contribution in [2.45, 2.75) is 45.4 Å². The molecule has 0 spiro atoms. The van der Waals surface area contributed by atoms with Crippen LogP contribution in [-0.2, 0) is 0 Å². The molecule has 1 aromatic rings. The van der Waals surface area contributed by atoms with Gasteiger partial charge < -0.3 is 9.84 Å². The third-order valence-corrected chi connectivity index (χ3v) is 4.29. The monoisotopic (exact) mass is 248 g/mol. The summed E-state index contributed by atoms with van der Waals surface area (Å²) in [5.41, 5.74) is 3.92. The van der Waals surface area contributed by atoms with Crippen LogP contribution in [0.25, 0.3) is 0 Å². The molecule has 0 saturated heterocycles. The Kier molecular flexibility index (Phi) is 3.96. The number of aliphatic hydroxyl groups is 1. The Balaban J connectivity index is 2.51. The first-order valence-electron chi connectivity index (χ1n) is 6.87. The van der Waals surface area contributed by atoms with Gasteiger partial charge in [0.1, 0.15) is 5.75 Å². The molecule has 0 radical (unpaired) electrons. The second-order valence-electron chi connectivity index (χ2n) is 5.76. The van der Waals surface area contributed by atoms with E-state index in [4.69, 9.17) is 4.74 Å². The summed E-state index contributed by atoms with van der Waals surface area (Å²) in [5.74, 6) is 2.49. The summed E-state index contributed by atoms with van der Waals surface area (Å²) in [6.07, 6.45) is 2.26. The summed E-state index contributed by atoms with van der Waals surface area (Å²) in [7, 11) is 1.71. The van der Waals surface area contributed by atoms with E-state index in [0.29, 0.717) is 11.8 Å². The molecule has 0 aliphatic heterocycles. The molecular formula is C16H24O2. The third-order valence-electron chi connectivity index (χ3n) is 4.29. The Morgan fingerprint density at radius 2 is 2.00 bits per heavy atom. The van der Waals surface area contributed by atoms with Gasteiger partial charge >= 0.3 is 0 Å². The van der Waals surface area contributed by atoms with Gasteiger partial charge in [-0.25, -0.2) is 0 Å². The number of hydrogen-bond acceptors (Lipinski definition) is 2. The average Bonchev–Trinajstić information content (AvgIpc) is 2.36. The molecule has 100 valence electrons. The largest absolute Gasteiger partial charge is 0.496 e. The highest BCUT2D eigenvalue weighted by Crippen LogP contribution is 2.44. The summed E-state index contributed by atoms with van der Waals surface area (Å²) in [6.45, 7) is 6.91. The molecule has 0 bridgehead atoms. The van der Waals surface area contributed by atoms with Gasteiger partial charge in [-0.3, -0.25) is 0 Å². The van der Waals surface area contributed by atoms with E-state index in [-0.39, 0.29) is 12.5 Å². The van der Waals surface area contributed by atoms with Crippen LogP contribution in [0.3, 0.4) is 0 Å². The van der Waals surface area contributed by atoms with Crippen LogP contribution in [0, 0.1) is 12.8 Å². The van der Waals surface area contributed by atoms with Crippen molar-refractivity contribution in [2.75, 3.05) is 13.7 Å². The lowest BCUT2D eigenvalue weighted by atomic mass is 9.72. The number of benzene rings is 1. The van der Waals surface area contributed by atoms with Gasteiger partial charge in [-0.05, 0) is 54.4 Å². The lowest BCUT2D eigenvalue weighted by Gasteiger charge is -2.33. The fourth-order valence-corrected chi connectivity index (χ4v) is 3.19. The van der Waals surface area contributed by atoms with E-state index >= 15 is 0 Å². The highest BCUT2D eigenvalue weighted by atomic mass is 16.5. The lowest BCUT2D eigenvalue weighted by molar-refractivity contribution is 0.242. The van der Waals surface area contributed by atoms with Crippen molar-refractivity contribution in [3.8, 4) is 5.75 Å². The summed E-state index contributed by atoms with van der Waals surface area (Å²) < 4.78 is 5.42. The van der Waals surface area contributed by atoms with E-state index in [1.807, 2.05) is 0 Å². The Labute approximate surface area is 110 Å². The second kappa shape index (κ2) is 5.31. The maximum atomic E-state index is 9.55. The fourth-order valence-electron chi connectivity index (χ4n) is 3.19. The summed E-state index contributed by atoms with van der Waals surface area (Å²) >= 11 is 0. The summed E-state index contributed by atoms with van der Waals surface area (Å²) in [5, 5.41) is 9.55. The van der Waals surface area contributed by atoms with E-state index in [1.54, 1.807) is 7.11 Å². The van der Waals surface area contributed by atoms with Crippen molar-refractivity contribution >= 4 is 0 Å². The molecule has 0 fully saturated rings. The molecular weight excluding hydrogens is 224 g/mol. The standard InChI is InChI=1S/C16H24O2/c1-10(2)13-6-5-12(9-17)14-8-16(18-4)11(3)7-15(13)14/h7-8,10,12-13,17H,5-6,9H2,1-4H3/t12-,13+/m0/s1. The van der Waals surface area contributed by atoms with Crippen molar-refractivity contribution in [3.63, 3.8) is 0 Å². The van der Waals surface area contributed by atoms with Gasteiger partial charge in [-0.2, -0.15) is 0 Å². The minimum absolute atomic E-state index is 0.240. The predicted molar refractivity (Wildman–Crippen MR) is 74.4 cm³/mol. The average molecular weight is 248 g/mol. The van der Waals surface area contributed by atoms with Crippen LogP contribution in [0.4, 0.5) is 0 Å². The Morgan fingerprint density at radius 3 is 2.56 bits per heavy atom. The molecule has 1 N–H and O–H groups in total. The van der Waals surface area contributed by atoms with E-state index in [9.17, 15) is 5.11 Å². The summed E-state index contributed by atoms with van der Waals surface area (Å²) in [4.78, 5) is 0. The normalized spacial score (nSPS) is 23.0. The first kappa shape index (κ1) is 13.4. The number of aliphatic hydroxyl groups excluding tert-OH is 1. The minimum atomic E-state index is 0.240. The van der Waals surface area contributed by atoms with Crippen LogP contribution >= 0.6 is 0 Å². The molecule has 18 heavy (non-hydrogen) atoms. The molecule has 2 atom stereocenters. The first-order chi connectivity index (χ1) is 8.58. The van der Waals surface area contributed by atoms with E-state index in [1.165, 1.54) is 23.1 Å². The van der Waals surface area contributed by atoms with Gasteiger partial charge in [0.2, 0.25) is 0 Å². The number of ether oxygens (including phenoxy) is 1. The minimum Gasteiger partial charge on any atom is -0.496 e. The van der Waals surface area contributed by atoms with Gasteiger partial charge in [-0.1, -0.05) is 19.9 Å². The number of methoxy groups -OCH3 is 1. The van der Waals surface area contributed by atoms with Crippen LogP contribution in [0.2, 0.25) is 0 Å². The van der Waals surface area contributed by atoms with Crippen LogP contribution in [-0.4, -0.2) is 18.8 Å². The van der Waals surface area contributed by atoms with E-state index in [0.717, 1.165) is 12.2 Å². The maximum Gasteiger partial charge on any atom is 0.122 e. The topological polar surface area (TPSA) is 29.5 Å². The highest BCUT2D eigenvalue weighted by molar-refractivity contribution is 5.46. The molecule has 0 unspecified atom stereocenters. The number of hydrogen-bond donors (Lipinski definition) is 1. The summed E-state index contributed by atoms with van der Waals surface area (Å²) in [6, 6.07) is 4.40. The molecule has 0 aromatic heterocycles. The lowest BCUT2D eigenvalue weighted by Crippen LogP contribution is -2.20. The molecule has 0 saturated carbocycles. The van der Waals surface area contributed by atoms with E-state index in [2.05, 4.69) is 32.9 Å². The second-order valence-corrected chi connectivity index (χ2v) is 5.76. The first-order valence-corrected chi connectivity index (χ1v) is 6.87. The SMILES string of the molecule is COc1cc2c(cc1C)[C@@H](C(C)C)CC[C@H]2CO. The van der Waals surface area contributed by atoms with Crippen LogP contribution < -0.4 is 4.74 Å². The molecule has 1 aromatic carbocycles. The number of fused-ring (bicyclic) bond motifs is 1. The smallest absolute Gasteiger partial charge is 0.122 e. The molecule has 1 aliphatic rings. The maximum absolute atomic E-state index is 9.55. The zero-order valence-electron chi connectivity index (χ0n) is 11.9. The zero-order valence-corrected chi connectivity index (χ0v) is 11.9. The molecule has 0 amide bonds. The van der Waals surface area contributed by atoms with Gasteiger partial charge in [0, 0.05) is 12.5 Å². The van der Waals surface area contributed by atoms with Gasteiger partial charge in [0.05, 0.1) is 7.11 Å². The molecule has 2 nitrogen and oxygen atoms in total. The van der Waals surface area contributed by atoms with E-state index < -0.39 is 0 Å². The molecule has 0 heterocycles. The van der Waals surface area contributed by atoms with Gasteiger partial charge in [0.15, 0.2) is 0 Å². The van der Waals surface area contributed by atoms with Crippen LogP contribution in [0.1, 0.15) is 55.2 Å². The van der Waals surface area contributed by atoms with Crippen molar-refractivity contribution in [3.05, 3.63) is 28.8 Å². The number of rotatable bonds is 3. The van der Waals surface area contributed by atoms with Crippen molar-refractivity contribution < 1.29 is 9.84 Å². The fraction of sp³-hybridized carbons (Fsp3) is 0.625. The van der Waals surface area contributed by atoms with Crippen LogP contribution in [0.5, 0.6) is 5.75 Å². The predicted octanol–water partition coefficient (Wildman–Crippen LogP) is 3.61. The zero-order chi connectivity index (χ0) is 13.3. The van der Waals surface area contributed by atoms with Gasteiger partial charge in [0.25, 0.3) is 0 Å². The quantitative estimate of drug-likeness (QED) is 0.885. The molecule has 2 rings (SSSR count). The van der Waals surface area contributed by atoms with Crippen molar-refractivity contribution in [1.82, 2.24) is 0 Å². The highest BCUT2D eigenvalue weighted by Gasteiger charge is 2.29. The Bertz CT molecular complexity index is 423. The van der Waals surface area contributed by atoms with Crippen molar-refractivity contribution in [1.29, 1.82) is 0 Å². The van der Waals surface area contributed by atoms with Gasteiger partial charge in [-0.15, -0.1) is 0 Å². The third kappa shape index (κ3) is 2.26. The number of aryl methyl sites for hydroxylation is 1. The Morgan fingerprint density at radius 1 is 1.28 bits per heavy atom. The van der Waals surface area contributed by atoms with Crippen molar-refractivity contribution in [2.24, 2.45) is 5.92 Å².